The summed E-state index contributed by atoms with van der Waals surface area (Å²) in [5.74, 6) is -1.71. The molecule has 7 nitrogen and oxygen atoms in total. The van der Waals surface area contributed by atoms with E-state index in [1.54, 1.807) is 91.3 Å². The van der Waals surface area contributed by atoms with Crippen molar-refractivity contribution in [3.05, 3.63) is 102 Å². The number of amides is 1. The molecule has 0 aliphatic rings. The van der Waals surface area contributed by atoms with E-state index in [4.69, 9.17) is 4.74 Å². The number of anilines is 1. The fourth-order valence-electron chi connectivity index (χ4n) is 3.23. The number of aromatic nitrogens is 1. The van der Waals surface area contributed by atoms with Gasteiger partial charge in [0.15, 0.2) is 0 Å². The van der Waals surface area contributed by atoms with E-state index < -0.39 is 11.9 Å². The van der Waals surface area contributed by atoms with Gasteiger partial charge >= 0.3 is 11.9 Å². The Balaban J connectivity index is 1.53. The smallest absolute Gasteiger partial charge is 0.348 e. The third kappa shape index (κ3) is 5.16. The van der Waals surface area contributed by atoms with Crippen LogP contribution < -0.4 is 5.32 Å². The lowest BCUT2D eigenvalue weighted by molar-refractivity contribution is -0.114. The van der Waals surface area contributed by atoms with Gasteiger partial charge in [0.25, 0.3) is 0 Å². The van der Waals surface area contributed by atoms with Crippen LogP contribution in [0.4, 0.5) is 11.4 Å². The Bertz CT molecular complexity index is 1370. The highest BCUT2D eigenvalue weighted by atomic mass is 16.6. The van der Waals surface area contributed by atoms with Gasteiger partial charge in [-0.05, 0) is 48.0 Å². The third-order valence-corrected chi connectivity index (χ3v) is 4.76. The average Bonchev–Trinajstić information content (AvgIpc) is 2.83. The van der Waals surface area contributed by atoms with Crippen molar-refractivity contribution in [2.75, 3.05) is 5.32 Å². The second-order valence-electron chi connectivity index (χ2n) is 7.13. The highest BCUT2D eigenvalue weighted by molar-refractivity contribution is 6.10. The van der Waals surface area contributed by atoms with Crippen LogP contribution in [0.5, 0.6) is 0 Å². The van der Waals surface area contributed by atoms with E-state index >= 15 is 0 Å². The molecule has 0 saturated carbocycles. The summed E-state index contributed by atoms with van der Waals surface area (Å²) >= 11 is 0. The van der Waals surface area contributed by atoms with Crippen LogP contribution in [0, 0.1) is 0 Å². The minimum absolute atomic E-state index is 0.154. The molecule has 1 heterocycles. The SMILES string of the molecule is CC(=O)Nc1ccc(C=Nc2ccccc2C(=O)OC(=O)c2cccc3ncccc23)cc1. The largest absolute Gasteiger partial charge is 0.386 e. The van der Waals surface area contributed by atoms with E-state index in [1.165, 1.54) is 6.92 Å². The number of hydrogen-bond donors (Lipinski definition) is 1. The molecular weight excluding hydrogens is 418 g/mol. The maximum atomic E-state index is 12.8. The number of nitrogens with one attached hydrogen (secondary N) is 1. The number of fused-ring (bicyclic) bond motifs is 1. The standard InChI is InChI=1S/C26H19N3O4/c1-17(30)29-19-13-11-18(12-14-19)16-28-24-9-3-2-6-22(24)26(32)33-25(31)21-7-4-10-23-20(21)8-5-15-27-23/h2-16H,1H3,(H,29,30). The summed E-state index contributed by atoms with van der Waals surface area (Å²) in [5, 5.41) is 3.30. The molecule has 7 heteroatoms. The van der Waals surface area contributed by atoms with Gasteiger partial charge in [0.05, 0.1) is 22.3 Å². The maximum Gasteiger partial charge on any atom is 0.348 e. The zero-order chi connectivity index (χ0) is 23.2. The molecule has 0 radical (unpaired) electrons. The molecule has 4 rings (SSSR count). The Morgan fingerprint density at radius 3 is 2.36 bits per heavy atom. The third-order valence-electron chi connectivity index (χ3n) is 4.76. The van der Waals surface area contributed by atoms with Crippen LogP contribution in [0.1, 0.15) is 33.2 Å². The van der Waals surface area contributed by atoms with Crippen LogP contribution in [-0.4, -0.2) is 29.0 Å². The maximum absolute atomic E-state index is 12.8. The summed E-state index contributed by atoms with van der Waals surface area (Å²) in [7, 11) is 0. The molecule has 1 aromatic heterocycles. The van der Waals surface area contributed by atoms with Crippen LogP contribution in [0.3, 0.4) is 0 Å². The van der Waals surface area contributed by atoms with Gasteiger partial charge in [-0.15, -0.1) is 0 Å². The van der Waals surface area contributed by atoms with Crippen molar-refractivity contribution in [2.45, 2.75) is 6.92 Å². The molecule has 1 amide bonds. The first-order valence-corrected chi connectivity index (χ1v) is 10.1. The molecule has 0 bridgehead atoms. The van der Waals surface area contributed by atoms with Gasteiger partial charge in [0.2, 0.25) is 5.91 Å². The lowest BCUT2D eigenvalue weighted by atomic mass is 10.1. The minimum atomic E-state index is -0.797. The monoisotopic (exact) mass is 437 g/mol. The number of ether oxygens (including phenoxy) is 1. The summed E-state index contributed by atoms with van der Waals surface area (Å²) in [4.78, 5) is 45.2. The molecule has 4 aromatic rings. The van der Waals surface area contributed by atoms with Crippen molar-refractivity contribution in [1.82, 2.24) is 4.98 Å². The molecule has 0 spiro atoms. The molecule has 1 N–H and O–H groups in total. The second-order valence-corrected chi connectivity index (χ2v) is 7.13. The van der Waals surface area contributed by atoms with Crippen LogP contribution in [0.25, 0.3) is 10.9 Å². The van der Waals surface area contributed by atoms with Gasteiger partial charge < -0.3 is 10.1 Å². The number of nitrogens with zero attached hydrogens (tertiary/aromatic N) is 2. The molecule has 0 fully saturated rings. The predicted molar refractivity (Wildman–Crippen MR) is 126 cm³/mol. The molecular formula is C26H19N3O4. The molecule has 162 valence electrons. The molecule has 0 aliphatic heterocycles. The summed E-state index contributed by atoms with van der Waals surface area (Å²) in [6.07, 6.45) is 3.21. The van der Waals surface area contributed by atoms with Crippen LogP contribution >= 0.6 is 0 Å². The number of esters is 2. The highest BCUT2D eigenvalue weighted by Crippen LogP contribution is 2.22. The van der Waals surface area contributed by atoms with Crippen molar-refractivity contribution in [3.8, 4) is 0 Å². The fourth-order valence-corrected chi connectivity index (χ4v) is 3.23. The number of rotatable bonds is 5. The van der Waals surface area contributed by atoms with E-state index in [0.717, 1.165) is 5.56 Å². The van der Waals surface area contributed by atoms with Gasteiger partial charge in [-0.2, -0.15) is 0 Å². The molecule has 0 unspecified atom stereocenters. The van der Waals surface area contributed by atoms with Crippen molar-refractivity contribution in [1.29, 1.82) is 0 Å². The number of carbonyl (C=O) groups excluding carboxylic acids is 3. The van der Waals surface area contributed by atoms with E-state index in [1.807, 2.05) is 0 Å². The van der Waals surface area contributed by atoms with Crippen molar-refractivity contribution >= 4 is 46.3 Å². The van der Waals surface area contributed by atoms with E-state index in [-0.39, 0.29) is 17.0 Å². The Labute approximate surface area is 189 Å². The van der Waals surface area contributed by atoms with Gasteiger partial charge in [0, 0.05) is 30.4 Å². The lowest BCUT2D eigenvalue weighted by Crippen LogP contribution is -2.13. The number of aliphatic imine (C=N–C) groups is 1. The zero-order valence-corrected chi connectivity index (χ0v) is 17.7. The minimum Gasteiger partial charge on any atom is -0.386 e. The molecule has 0 saturated heterocycles. The summed E-state index contributed by atoms with van der Waals surface area (Å²) < 4.78 is 5.16. The predicted octanol–water partition coefficient (Wildman–Crippen LogP) is 4.94. The van der Waals surface area contributed by atoms with E-state index in [0.29, 0.717) is 22.3 Å². The number of hydrogen-bond acceptors (Lipinski definition) is 6. The van der Waals surface area contributed by atoms with Crippen LogP contribution in [0.2, 0.25) is 0 Å². The van der Waals surface area contributed by atoms with Crippen molar-refractivity contribution in [2.24, 2.45) is 4.99 Å². The molecule has 0 atom stereocenters. The summed E-state index contributed by atoms with van der Waals surface area (Å²) in [5.41, 5.74) is 2.86. The highest BCUT2D eigenvalue weighted by Gasteiger charge is 2.19. The van der Waals surface area contributed by atoms with Crippen molar-refractivity contribution in [3.63, 3.8) is 0 Å². The van der Waals surface area contributed by atoms with Gasteiger partial charge in [-0.1, -0.05) is 36.4 Å². The normalized spacial score (nSPS) is 10.8. The number of pyridine rings is 1. The lowest BCUT2D eigenvalue weighted by Gasteiger charge is -2.07. The molecule has 0 aliphatic carbocycles. The average molecular weight is 437 g/mol. The Morgan fingerprint density at radius 2 is 1.58 bits per heavy atom. The fraction of sp³-hybridized carbons (Fsp3) is 0.0385. The van der Waals surface area contributed by atoms with Crippen molar-refractivity contribution < 1.29 is 19.1 Å². The number of benzene rings is 3. The first kappa shape index (κ1) is 21.6. The molecule has 33 heavy (non-hydrogen) atoms. The van der Waals surface area contributed by atoms with E-state index in [2.05, 4.69) is 15.3 Å². The second kappa shape index (κ2) is 9.65. The quantitative estimate of drug-likeness (QED) is 0.271. The van der Waals surface area contributed by atoms with Gasteiger partial charge in [-0.25, -0.2) is 9.59 Å². The number of carbonyl (C=O) groups is 3. The first-order valence-electron chi connectivity index (χ1n) is 10.1. The zero-order valence-electron chi connectivity index (χ0n) is 17.7. The van der Waals surface area contributed by atoms with Gasteiger partial charge in [0.1, 0.15) is 0 Å². The van der Waals surface area contributed by atoms with Crippen LogP contribution in [-0.2, 0) is 9.53 Å². The summed E-state index contributed by atoms with van der Waals surface area (Å²) in [6.45, 7) is 1.44. The molecule has 3 aromatic carbocycles. The van der Waals surface area contributed by atoms with Crippen LogP contribution in [0.15, 0.2) is 90.1 Å². The van der Waals surface area contributed by atoms with E-state index in [9.17, 15) is 14.4 Å². The van der Waals surface area contributed by atoms with Gasteiger partial charge in [-0.3, -0.25) is 14.8 Å². The Morgan fingerprint density at radius 1 is 0.848 bits per heavy atom. The Kier molecular flexibility index (Phi) is 6.31. The first-order chi connectivity index (χ1) is 16.0. The topological polar surface area (TPSA) is 97.7 Å². The Hall–Kier alpha value is -4.65. The summed E-state index contributed by atoms with van der Waals surface area (Å²) in [6, 6.07) is 22.2. The number of para-hydroxylation sites is 1.